The van der Waals surface area contributed by atoms with Crippen LogP contribution in [0.25, 0.3) is 11.1 Å². The van der Waals surface area contributed by atoms with Crippen LogP contribution >= 0.6 is 0 Å². The molecule has 0 spiro atoms. The van der Waals surface area contributed by atoms with E-state index in [0.29, 0.717) is 5.92 Å². The fourth-order valence-corrected chi connectivity index (χ4v) is 3.26. The van der Waals surface area contributed by atoms with Crippen molar-refractivity contribution in [2.45, 2.75) is 66.7 Å². The van der Waals surface area contributed by atoms with Crippen LogP contribution < -0.4 is 0 Å². The highest BCUT2D eigenvalue weighted by atomic mass is 14.3. The third-order valence-corrected chi connectivity index (χ3v) is 4.50. The highest BCUT2D eigenvalue weighted by molar-refractivity contribution is 5.72. The summed E-state index contributed by atoms with van der Waals surface area (Å²) in [6, 6.07) is 11.6. The van der Waals surface area contributed by atoms with Crippen LogP contribution in [0.3, 0.4) is 0 Å². The molecule has 0 bridgehead atoms. The zero-order valence-corrected chi connectivity index (χ0v) is 15.5. The minimum atomic E-state index is 0.167. The van der Waals surface area contributed by atoms with Gasteiger partial charge in [-0.1, -0.05) is 70.5 Å². The molecular formula is C22H30. The molecule has 0 aromatic heterocycles. The van der Waals surface area contributed by atoms with Crippen LogP contribution in [-0.4, -0.2) is 0 Å². The second-order valence-corrected chi connectivity index (χ2v) is 7.98. The highest BCUT2D eigenvalue weighted by Crippen LogP contribution is 2.37. The number of aryl methyl sites for hydroxylation is 3. The molecule has 118 valence electrons. The van der Waals surface area contributed by atoms with Gasteiger partial charge in [-0.25, -0.2) is 0 Å². The topological polar surface area (TPSA) is 0 Å². The van der Waals surface area contributed by atoms with Gasteiger partial charge in [-0.3, -0.25) is 0 Å². The van der Waals surface area contributed by atoms with Crippen LogP contribution in [0, 0.1) is 20.8 Å². The fraction of sp³-hybridized carbons (Fsp3) is 0.455. The van der Waals surface area contributed by atoms with Gasteiger partial charge in [-0.05, 0) is 65.5 Å². The third-order valence-electron chi connectivity index (χ3n) is 4.50. The summed E-state index contributed by atoms with van der Waals surface area (Å²) in [6.07, 6.45) is 0. The van der Waals surface area contributed by atoms with Crippen molar-refractivity contribution in [3.63, 3.8) is 0 Å². The Hall–Kier alpha value is -1.56. The van der Waals surface area contributed by atoms with E-state index in [-0.39, 0.29) is 5.41 Å². The molecule has 0 atom stereocenters. The predicted molar refractivity (Wildman–Crippen MR) is 98.9 cm³/mol. The van der Waals surface area contributed by atoms with Crippen molar-refractivity contribution in [2.75, 3.05) is 0 Å². The molecule has 22 heavy (non-hydrogen) atoms. The lowest BCUT2D eigenvalue weighted by Gasteiger charge is -2.27. The number of rotatable bonds is 2. The van der Waals surface area contributed by atoms with Gasteiger partial charge in [0.25, 0.3) is 0 Å². The summed E-state index contributed by atoms with van der Waals surface area (Å²) < 4.78 is 0. The first-order valence-electron chi connectivity index (χ1n) is 8.34. The molecule has 0 unspecified atom stereocenters. The van der Waals surface area contributed by atoms with Gasteiger partial charge in [0.1, 0.15) is 0 Å². The summed E-state index contributed by atoms with van der Waals surface area (Å²) in [5.41, 5.74) is 9.94. The molecule has 0 aliphatic rings. The molecule has 2 aromatic rings. The van der Waals surface area contributed by atoms with Crippen LogP contribution in [0.5, 0.6) is 0 Å². The second-order valence-electron chi connectivity index (χ2n) is 7.98. The zero-order valence-electron chi connectivity index (χ0n) is 15.5. The Kier molecular flexibility index (Phi) is 4.52. The Morgan fingerprint density at radius 1 is 0.773 bits per heavy atom. The van der Waals surface area contributed by atoms with Crippen LogP contribution in [0.15, 0.2) is 30.3 Å². The standard InChI is InChI=1S/C22H30/c1-14(2)19-12-17(5)20(13-21(19)22(6,7)8)18-10-9-15(3)11-16(18)4/h9-14H,1-8H3. The molecule has 2 rings (SSSR count). The molecule has 0 heterocycles. The van der Waals surface area contributed by atoms with E-state index in [4.69, 9.17) is 0 Å². The Morgan fingerprint density at radius 3 is 1.86 bits per heavy atom. The minimum Gasteiger partial charge on any atom is -0.0587 e. The quantitative estimate of drug-likeness (QED) is 0.578. The maximum atomic E-state index is 2.43. The number of hydrogen-bond acceptors (Lipinski definition) is 0. The molecule has 0 fully saturated rings. The molecule has 0 N–H and O–H groups in total. The van der Waals surface area contributed by atoms with Gasteiger partial charge < -0.3 is 0 Å². The predicted octanol–water partition coefficient (Wildman–Crippen LogP) is 6.70. The van der Waals surface area contributed by atoms with E-state index in [1.54, 1.807) is 0 Å². The van der Waals surface area contributed by atoms with Gasteiger partial charge in [-0.15, -0.1) is 0 Å². The normalized spacial score (nSPS) is 12.0. The molecule has 2 aromatic carbocycles. The van der Waals surface area contributed by atoms with Crippen molar-refractivity contribution in [1.82, 2.24) is 0 Å². The number of hydrogen-bond donors (Lipinski definition) is 0. The van der Waals surface area contributed by atoms with Gasteiger partial charge in [0.15, 0.2) is 0 Å². The fourth-order valence-electron chi connectivity index (χ4n) is 3.26. The molecule has 0 saturated carbocycles. The van der Waals surface area contributed by atoms with E-state index in [0.717, 1.165) is 0 Å². The lowest BCUT2D eigenvalue weighted by Crippen LogP contribution is -2.15. The monoisotopic (exact) mass is 294 g/mol. The number of benzene rings is 2. The summed E-state index contributed by atoms with van der Waals surface area (Å²) in [6.45, 7) is 18.1. The summed E-state index contributed by atoms with van der Waals surface area (Å²) in [5.74, 6) is 0.557. The van der Waals surface area contributed by atoms with Crippen LogP contribution in [0.1, 0.15) is 68.4 Å². The van der Waals surface area contributed by atoms with Crippen molar-refractivity contribution < 1.29 is 0 Å². The van der Waals surface area contributed by atoms with E-state index >= 15 is 0 Å². The van der Waals surface area contributed by atoms with Gasteiger partial charge >= 0.3 is 0 Å². The van der Waals surface area contributed by atoms with Gasteiger partial charge in [-0.2, -0.15) is 0 Å². The van der Waals surface area contributed by atoms with E-state index in [1.165, 1.54) is 38.9 Å². The summed E-state index contributed by atoms with van der Waals surface area (Å²) in [4.78, 5) is 0. The van der Waals surface area contributed by atoms with Crippen molar-refractivity contribution in [3.8, 4) is 11.1 Å². The first-order valence-corrected chi connectivity index (χ1v) is 8.34. The highest BCUT2D eigenvalue weighted by Gasteiger charge is 2.21. The molecule has 0 saturated heterocycles. The molecule has 0 aliphatic heterocycles. The molecular weight excluding hydrogens is 264 g/mol. The molecule has 0 nitrogen and oxygen atoms in total. The van der Waals surface area contributed by atoms with E-state index in [9.17, 15) is 0 Å². The van der Waals surface area contributed by atoms with Crippen molar-refractivity contribution >= 4 is 0 Å². The lowest BCUT2D eigenvalue weighted by molar-refractivity contribution is 0.577. The lowest BCUT2D eigenvalue weighted by atomic mass is 9.78. The Labute approximate surface area is 136 Å². The first-order chi connectivity index (χ1) is 10.1. The molecule has 0 heteroatoms. The maximum Gasteiger partial charge on any atom is -0.0129 e. The Morgan fingerprint density at radius 2 is 1.36 bits per heavy atom. The maximum absolute atomic E-state index is 2.43. The summed E-state index contributed by atoms with van der Waals surface area (Å²) in [7, 11) is 0. The Bertz CT molecular complexity index is 682. The van der Waals surface area contributed by atoms with Crippen molar-refractivity contribution in [1.29, 1.82) is 0 Å². The molecule has 0 aliphatic carbocycles. The van der Waals surface area contributed by atoms with E-state index in [1.807, 2.05) is 0 Å². The van der Waals surface area contributed by atoms with Crippen LogP contribution in [-0.2, 0) is 5.41 Å². The zero-order chi connectivity index (χ0) is 16.7. The van der Waals surface area contributed by atoms with E-state index in [2.05, 4.69) is 85.7 Å². The van der Waals surface area contributed by atoms with E-state index < -0.39 is 0 Å². The smallest absolute Gasteiger partial charge is 0.0129 e. The second kappa shape index (κ2) is 5.91. The van der Waals surface area contributed by atoms with Gasteiger partial charge in [0.05, 0.1) is 0 Å². The minimum absolute atomic E-state index is 0.167. The Balaban J connectivity index is 2.73. The van der Waals surface area contributed by atoms with Crippen molar-refractivity contribution in [3.05, 3.63) is 58.1 Å². The SMILES string of the molecule is Cc1ccc(-c2cc(C(C)(C)C)c(C(C)C)cc2C)c(C)c1. The molecule has 0 radical (unpaired) electrons. The van der Waals surface area contributed by atoms with Gasteiger partial charge in [0, 0.05) is 0 Å². The van der Waals surface area contributed by atoms with Crippen LogP contribution in [0.4, 0.5) is 0 Å². The summed E-state index contributed by atoms with van der Waals surface area (Å²) in [5, 5.41) is 0. The largest absolute Gasteiger partial charge is 0.0587 e. The van der Waals surface area contributed by atoms with Crippen molar-refractivity contribution in [2.24, 2.45) is 0 Å². The van der Waals surface area contributed by atoms with Gasteiger partial charge in [0.2, 0.25) is 0 Å². The molecule has 0 amide bonds. The average Bonchev–Trinajstić information content (AvgIpc) is 2.37. The first kappa shape index (κ1) is 16.8. The summed E-state index contributed by atoms with van der Waals surface area (Å²) >= 11 is 0. The average molecular weight is 294 g/mol. The van der Waals surface area contributed by atoms with Crippen LogP contribution in [0.2, 0.25) is 0 Å². The third kappa shape index (κ3) is 3.27.